The van der Waals surface area contributed by atoms with Crippen LogP contribution in [0.5, 0.6) is 0 Å². The number of hydrogen-bond donors (Lipinski definition) is 2. The third kappa shape index (κ3) is 4.44. The number of aromatic nitrogens is 2. The first-order chi connectivity index (χ1) is 14.1. The molecule has 1 aliphatic heterocycles. The third-order valence-corrected chi connectivity index (χ3v) is 5.39. The lowest BCUT2D eigenvalue weighted by Crippen LogP contribution is -2.36. The number of halogens is 1. The molecule has 1 unspecified atom stereocenters. The molecule has 1 amide bonds. The molecule has 0 radical (unpaired) electrons. The van der Waals surface area contributed by atoms with Gasteiger partial charge in [-0.25, -0.2) is 0 Å². The molecule has 2 N–H and O–H groups in total. The van der Waals surface area contributed by atoms with Gasteiger partial charge in [0.05, 0.1) is 36.7 Å². The number of aromatic amines is 1. The smallest absolute Gasteiger partial charge is 0.255 e. The van der Waals surface area contributed by atoms with Crippen molar-refractivity contribution >= 4 is 23.2 Å². The number of carbonyl (C=O) groups is 1. The quantitative estimate of drug-likeness (QED) is 0.665. The fourth-order valence-corrected chi connectivity index (χ4v) is 3.57. The number of rotatable bonds is 5. The number of ether oxygens (including phenoxy) is 1. The average molecular weight is 411 g/mol. The highest BCUT2D eigenvalue weighted by Crippen LogP contribution is 2.24. The van der Waals surface area contributed by atoms with Crippen molar-refractivity contribution in [3.63, 3.8) is 0 Å². The molecule has 2 heterocycles. The van der Waals surface area contributed by atoms with Crippen LogP contribution >= 0.6 is 11.6 Å². The molecule has 0 saturated carbocycles. The Bertz CT molecular complexity index is 963. The highest BCUT2D eigenvalue weighted by Gasteiger charge is 2.18. The van der Waals surface area contributed by atoms with Gasteiger partial charge >= 0.3 is 0 Å². The molecule has 1 fully saturated rings. The minimum absolute atomic E-state index is 0.130. The zero-order valence-corrected chi connectivity index (χ0v) is 16.9. The number of benzene rings is 2. The molecule has 0 aliphatic carbocycles. The van der Waals surface area contributed by atoms with E-state index in [1.54, 1.807) is 18.3 Å². The zero-order chi connectivity index (χ0) is 20.2. The average Bonchev–Trinajstić information content (AvgIpc) is 3.25. The van der Waals surface area contributed by atoms with E-state index in [4.69, 9.17) is 16.3 Å². The number of amides is 1. The summed E-state index contributed by atoms with van der Waals surface area (Å²) >= 11 is 5.96. The maximum Gasteiger partial charge on any atom is 0.255 e. The normalized spacial score (nSPS) is 15.2. The molecular weight excluding hydrogens is 388 g/mol. The van der Waals surface area contributed by atoms with Gasteiger partial charge in [-0.3, -0.25) is 9.89 Å². The second-order valence-corrected chi connectivity index (χ2v) is 7.49. The number of carbonyl (C=O) groups excluding carboxylic acids is 1. The first-order valence-electron chi connectivity index (χ1n) is 9.64. The van der Waals surface area contributed by atoms with Crippen molar-refractivity contribution in [3.05, 3.63) is 70.9 Å². The largest absolute Gasteiger partial charge is 0.378 e. The molecule has 0 bridgehead atoms. The Balaban J connectivity index is 1.45. The van der Waals surface area contributed by atoms with Crippen LogP contribution in [-0.2, 0) is 4.74 Å². The molecule has 1 saturated heterocycles. The lowest BCUT2D eigenvalue weighted by Gasteiger charge is -2.29. The van der Waals surface area contributed by atoms with Gasteiger partial charge in [-0.1, -0.05) is 35.9 Å². The van der Waals surface area contributed by atoms with Gasteiger partial charge < -0.3 is 15.0 Å². The molecule has 3 aromatic rings. The number of H-pyrrole nitrogens is 1. The van der Waals surface area contributed by atoms with Crippen LogP contribution in [0.2, 0.25) is 5.02 Å². The first-order valence-corrected chi connectivity index (χ1v) is 10.0. The number of morpholine rings is 1. The van der Waals surface area contributed by atoms with Crippen molar-refractivity contribution in [1.29, 1.82) is 0 Å². The summed E-state index contributed by atoms with van der Waals surface area (Å²) in [5.74, 6) is -0.173. The standard InChI is InChI=1S/C22H23ClN4O2/c1-15(16-4-8-19(9-5-16)27-10-12-29-13-11-27)25-22(28)20-14-24-26-21(20)17-2-6-18(23)7-3-17/h2-9,14-15H,10-13H2,1H3,(H,24,26)(H,25,28). The molecule has 150 valence electrons. The van der Waals surface area contributed by atoms with Gasteiger partial charge in [0.2, 0.25) is 0 Å². The van der Waals surface area contributed by atoms with Crippen LogP contribution < -0.4 is 10.2 Å². The van der Waals surface area contributed by atoms with E-state index in [-0.39, 0.29) is 11.9 Å². The van der Waals surface area contributed by atoms with Crippen LogP contribution in [0.15, 0.2) is 54.7 Å². The van der Waals surface area contributed by atoms with Gasteiger partial charge in [-0.05, 0) is 36.8 Å². The summed E-state index contributed by atoms with van der Waals surface area (Å²) in [5, 5.41) is 10.7. The van der Waals surface area contributed by atoms with E-state index < -0.39 is 0 Å². The van der Waals surface area contributed by atoms with E-state index in [0.29, 0.717) is 16.3 Å². The second kappa shape index (κ2) is 8.68. The van der Waals surface area contributed by atoms with Crippen LogP contribution in [0.4, 0.5) is 5.69 Å². The summed E-state index contributed by atoms with van der Waals surface area (Å²) in [7, 11) is 0. The minimum atomic E-state index is -0.173. The molecule has 7 heteroatoms. The predicted molar refractivity (Wildman–Crippen MR) is 114 cm³/mol. The maximum absolute atomic E-state index is 12.8. The first kappa shape index (κ1) is 19.5. The van der Waals surface area contributed by atoms with Crippen LogP contribution in [0, 0.1) is 0 Å². The van der Waals surface area contributed by atoms with Gasteiger partial charge in [0.1, 0.15) is 0 Å². The van der Waals surface area contributed by atoms with E-state index in [1.807, 2.05) is 19.1 Å². The van der Waals surface area contributed by atoms with Gasteiger partial charge in [0.15, 0.2) is 0 Å². The summed E-state index contributed by atoms with van der Waals surface area (Å²) in [5.41, 5.74) is 4.26. The highest BCUT2D eigenvalue weighted by molar-refractivity contribution is 6.30. The van der Waals surface area contributed by atoms with Crippen molar-refractivity contribution in [2.75, 3.05) is 31.2 Å². The molecule has 4 rings (SSSR count). The monoisotopic (exact) mass is 410 g/mol. The lowest BCUT2D eigenvalue weighted by molar-refractivity contribution is 0.0940. The van der Waals surface area contributed by atoms with Gasteiger partial charge in [-0.15, -0.1) is 0 Å². The molecule has 1 aliphatic rings. The number of nitrogens with one attached hydrogen (secondary N) is 2. The van der Waals surface area contributed by atoms with Crippen molar-refractivity contribution in [1.82, 2.24) is 15.5 Å². The minimum Gasteiger partial charge on any atom is -0.378 e. The Morgan fingerprint density at radius 1 is 1.14 bits per heavy atom. The van der Waals surface area contributed by atoms with E-state index in [0.717, 1.165) is 37.4 Å². The topological polar surface area (TPSA) is 70.2 Å². The van der Waals surface area contributed by atoms with E-state index in [9.17, 15) is 4.79 Å². The predicted octanol–water partition coefficient (Wildman–Crippen LogP) is 4.06. The molecular formula is C22H23ClN4O2. The molecule has 2 aromatic carbocycles. The summed E-state index contributed by atoms with van der Waals surface area (Å²) in [4.78, 5) is 15.2. The zero-order valence-electron chi connectivity index (χ0n) is 16.2. The van der Waals surface area contributed by atoms with Crippen LogP contribution in [0.25, 0.3) is 11.3 Å². The van der Waals surface area contributed by atoms with Gasteiger partial charge in [-0.2, -0.15) is 5.10 Å². The summed E-state index contributed by atoms with van der Waals surface area (Å²) in [6.07, 6.45) is 1.55. The Hall–Kier alpha value is -2.83. The Morgan fingerprint density at radius 2 is 1.83 bits per heavy atom. The Morgan fingerprint density at radius 3 is 2.52 bits per heavy atom. The van der Waals surface area contributed by atoms with Crippen molar-refractivity contribution < 1.29 is 9.53 Å². The summed E-state index contributed by atoms with van der Waals surface area (Å²) in [6, 6.07) is 15.5. The van der Waals surface area contributed by atoms with Crippen molar-refractivity contribution in [2.24, 2.45) is 0 Å². The Kier molecular flexibility index (Phi) is 5.83. The molecule has 6 nitrogen and oxygen atoms in total. The SMILES string of the molecule is CC(NC(=O)c1cn[nH]c1-c1ccc(Cl)cc1)c1ccc(N2CCOCC2)cc1. The Labute approximate surface area is 174 Å². The summed E-state index contributed by atoms with van der Waals surface area (Å²) < 4.78 is 5.41. The number of nitrogens with zero attached hydrogens (tertiary/aromatic N) is 2. The van der Waals surface area contributed by atoms with Crippen LogP contribution in [-0.4, -0.2) is 42.4 Å². The van der Waals surface area contributed by atoms with Crippen LogP contribution in [0.1, 0.15) is 28.9 Å². The van der Waals surface area contributed by atoms with E-state index in [2.05, 4.69) is 44.7 Å². The second-order valence-electron chi connectivity index (χ2n) is 7.05. The molecule has 1 atom stereocenters. The molecule has 0 spiro atoms. The molecule has 1 aromatic heterocycles. The van der Waals surface area contributed by atoms with Gasteiger partial charge in [0, 0.05) is 29.4 Å². The summed E-state index contributed by atoms with van der Waals surface area (Å²) in [6.45, 7) is 5.30. The highest BCUT2D eigenvalue weighted by atomic mass is 35.5. The van der Waals surface area contributed by atoms with Crippen molar-refractivity contribution in [2.45, 2.75) is 13.0 Å². The lowest BCUT2D eigenvalue weighted by atomic mass is 10.1. The van der Waals surface area contributed by atoms with E-state index >= 15 is 0 Å². The fraction of sp³-hybridized carbons (Fsp3) is 0.273. The van der Waals surface area contributed by atoms with Crippen LogP contribution in [0.3, 0.4) is 0 Å². The fourth-order valence-electron chi connectivity index (χ4n) is 3.45. The number of anilines is 1. The third-order valence-electron chi connectivity index (χ3n) is 5.13. The van der Waals surface area contributed by atoms with Crippen molar-refractivity contribution in [3.8, 4) is 11.3 Å². The van der Waals surface area contributed by atoms with E-state index in [1.165, 1.54) is 5.69 Å². The maximum atomic E-state index is 12.8. The molecule has 29 heavy (non-hydrogen) atoms. The number of hydrogen-bond acceptors (Lipinski definition) is 4. The van der Waals surface area contributed by atoms with Gasteiger partial charge in [0.25, 0.3) is 5.91 Å².